The minimum absolute atomic E-state index is 0.142. The minimum atomic E-state index is -0.142. The van der Waals surface area contributed by atoms with Crippen molar-refractivity contribution in [3.8, 4) is 0 Å². The van der Waals surface area contributed by atoms with Gasteiger partial charge in [0.15, 0.2) is 0 Å². The highest BCUT2D eigenvalue weighted by Crippen LogP contribution is 2.42. The van der Waals surface area contributed by atoms with Crippen molar-refractivity contribution in [1.29, 1.82) is 0 Å². The molecule has 0 saturated carbocycles. The molecule has 3 aromatic carbocycles. The van der Waals surface area contributed by atoms with Gasteiger partial charge in [0.25, 0.3) is 0 Å². The molecule has 0 fully saturated rings. The standard InChI is InChI=1S/C21H18FNS.C2H6/c1-3-14-8-4-5-12-18(14)23(2)19-13-7-10-16-15-9-6-11-17(22)20(15)24-21(16)19;1-2/h4-13H,3H2,1-2H3;1-2H3. The highest BCUT2D eigenvalue weighted by Gasteiger charge is 2.15. The van der Waals surface area contributed by atoms with Gasteiger partial charge in [0, 0.05) is 23.5 Å². The molecule has 0 aliphatic rings. The molecule has 1 heterocycles. The first-order chi connectivity index (χ1) is 12.7. The molecule has 3 heteroatoms. The van der Waals surface area contributed by atoms with Crippen LogP contribution in [0, 0.1) is 5.82 Å². The minimum Gasteiger partial charge on any atom is -0.343 e. The largest absolute Gasteiger partial charge is 0.343 e. The van der Waals surface area contributed by atoms with Crippen molar-refractivity contribution in [3.05, 3.63) is 72.0 Å². The molecule has 134 valence electrons. The van der Waals surface area contributed by atoms with Crippen molar-refractivity contribution in [2.75, 3.05) is 11.9 Å². The van der Waals surface area contributed by atoms with Crippen LogP contribution in [0.2, 0.25) is 0 Å². The van der Waals surface area contributed by atoms with Gasteiger partial charge in [-0.1, -0.05) is 63.2 Å². The zero-order valence-corrected chi connectivity index (χ0v) is 16.5. The van der Waals surface area contributed by atoms with Gasteiger partial charge in [-0.25, -0.2) is 4.39 Å². The fraction of sp³-hybridized carbons (Fsp3) is 0.217. The van der Waals surface area contributed by atoms with Crippen molar-refractivity contribution >= 4 is 42.9 Å². The van der Waals surface area contributed by atoms with Crippen LogP contribution >= 0.6 is 11.3 Å². The fourth-order valence-electron chi connectivity index (χ4n) is 3.30. The molecule has 0 aliphatic carbocycles. The third-order valence-electron chi connectivity index (χ3n) is 4.55. The van der Waals surface area contributed by atoms with Crippen LogP contribution in [-0.4, -0.2) is 7.05 Å². The summed E-state index contributed by atoms with van der Waals surface area (Å²) in [5, 5.41) is 2.11. The summed E-state index contributed by atoms with van der Waals surface area (Å²) >= 11 is 1.53. The molecule has 0 unspecified atom stereocenters. The molecule has 4 rings (SSSR count). The van der Waals surface area contributed by atoms with Gasteiger partial charge in [-0.15, -0.1) is 11.3 Å². The monoisotopic (exact) mass is 365 g/mol. The number of aryl methyl sites for hydroxylation is 1. The number of rotatable bonds is 3. The zero-order valence-electron chi connectivity index (χ0n) is 15.7. The van der Waals surface area contributed by atoms with Gasteiger partial charge in [-0.2, -0.15) is 0 Å². The number of nitrogens with zero attached hydrogens (tertiary/aromatic N) is 1. The molecule has 0 bridgehead atoms. The van der Waals surface area contributed by atoms with Crippen molar-refractivity contribution in [3.63, 3.8) is 0 Å². The Morgan fingerprint density at radius 3 is 2.15 bits per heavy atom. The number of halogens is 1. The van der Waals surface area contributed by atoms with E-state index in [1.165, 1.54) is 28.7 Å². The average Bonchev–Trinajstić information content (AvgIpc) is 3.09. The first-order valence-electron chi connectivity index (χ1n) is 9.12. The topological polar surface area (TPSA) is 3.24 Å². The molecular formula is C23H24FNS. The van der Waals surface area contributed by atoms with Crippen LogP contribution in [0.4, 0.5) is 15.8 Å². The predicted molar refractivity (Wildman–Crippen MR) is 115 cm³/mol. The summed E-state index contributed by atoms with van der Waals surface area (Å²) in [6, 6.07) is 20.0. The molecule has 0 amide bonds. The van der Waals surface area contributed by atoms with E-state index in [1.54, 1.807) is 6.07 Å². The molecule has 0 aliphatic heterocycles. The molecule has 0 radical (unpaired) electrons. The molecule has 1 nitrogen and oxygen atoms in total. The number of para-hydroxylation sites is 1. The van der Waals surface area contributed by atoms with Crippen LogP contribution in [-0.2, 0) is 6.42 Å². The van der Waals surface area contributed by atoms with Crippen LogP contribution in [0.1, 0.15) is 26.3 Å². The maximum absolute atomic E-state index is 14.2. The van der Waals surface area contributed by atoms with E-state index in [1.807, 2.05) is 19.9 Å². The summed E-state index contributed by atoms with van der Waals surface area (Å²) in [5.74, 6) is -0.142. The zero-order chi connectivity index (χ0) is 18.7. The van der Waals surface area contributed by atoms with E-state index in [0.717, 1.165) is 32.3 Å². The van der Waals surface area contributed by atoms with E-state index in [4.69, 9.17) is 0 Å². The molecule has 0 spiro atoms. The normalized spacial score (nSPS) is 10.7. The van der Waals surface area contributed by atoms with E-state index in [0.29, 0.717) is 0 Å². The fourth-order valence-corrected chi connectivity index (χ4v) is 4.56. The second-order valence-corrected chi connectivity index (χ2v) is 6.93. The Hall–Kier alpha value is -2.39. The van der Waals surface area contributed by atoms with Gasteiger partial charge >= 0.3 is 0 Å². The summed E-state index contributed by atoms with van der Waals surface area (Å²) < 4.78 is 16.1. The van der Waals surface area contributed by atoms with Crippen molar-refractivity contribution in [2.24, 2.45) is 0 Å². The van der Waals surface area contributed by atoms with Gasteiger partial charge < -0.3 is 4.90 Å². The van der Waals surface area contributed by atoms with Crippen LogP contribution < -0.4 is 4.90 Å². The lowest BCUT2D eigenvalue weighted by atomic mass is 10.1. The Morgan fingerprint density at radius 1 is 0.808 bits per heavy atom. The Kier molecular flexibility index (Phi) is 5.58. The number of hydrogen-bond acceptors (Lipinski definition) is 2. The molecular weight excluding hydrogens is 341 g/mol. The second kappa shape index (κ2) is 7.88. The summed E-state index contributed by atoms with van der Waals surface area (Å²) in [6.45, 7) is 6.17. The van der Waals surface area contributed by atoms with Crippen LogP contribution in [0.5, 0.6) is 0 Å². The van der Waals surface area contributed by atoms with Gasteiger partial charge in [0.05, 0.1) is 15.1 Å². The highest BCUT2D eigenvalue weighted by atomic mass is 32.1. The molecule has 26 heavy (non-hydrogen) atoms. The van der Waals surface area contributed by atoms with E-state index in [2.05, 4.69) is 61.3 Å². The Balaban J connectivity index is 0.000000948. The van der Waals surface area contributed by atoms with Crippen molar-refractivity contribution in [1.82, 2.24) is 0 Å². The van der Waals surface area contributed by atoms with Crippen LogP contribution in [0.3, 0.4) is 0 Å². The number of fused-ring (bicyclic) bond motifs is 3. The third kappa shape index (κ3) is 3.08. The second-order valence-electron chi connectivity index (χ2n) is 5.91. The Morgan fingerprint density at radius 2 is 1.42 bits per heavy atom. The maximum Gasteiger partial charge on any atom is 0.141 e. The number of anilines is 2. The summed E-state index contributed by atoms with van der Waals surface area (Å²) in [4.78, 5) is 2.22. The Bertz CT molecular complexity index is 1030. The molecule has 0 N–H and O–H groups in total. The predicted octanol–water partition coefficient (Wildman–Crippen LogP) is 7.55. The van der Waals surface area contributed by atoms with Crippen LogP contribution in [0.15, 0.2) is 60.7 Å². The van der Waals surface area contributed by atoms with Gasteiger partial charge in [-0.05, 0) is 30.2 Å². The smallest absolute Gasteiger partial charge is 0.141 e. The summed E-state index contributed by atoms with van der Waals surface area (Å²) in [5.41, 5.74) is 3.63. The van der Waals surface area contributed by atoms with Crippen LogP contribution in [0.25, 0.3) is 20.2 Å². The number of hydrogen-bond donors (Lipinski definition) is 0. The average molecular weight is 366 g/mol. The van der Waals surface area contributed by atoms with Crippen molar-refractivity contribution in [2.45, 2.75) is 27.2 Å². The SMILES string of the molecule is CC.CCc1ccccc1N(C)c1cccc2c1sc1c(F)cccc12. The third-order valence-corrected chi connectivity index (χ3v) is 5.80. The number of benzene rings is 3. The van der Waals surface area contributed by atoms with E-state index >= 15 is 0 Å². The van der Waals surface area contributed by atoms with E-state index in [-0.39, 0.29) is 5.82 Å². The maximum atomic E-state index is 14.2. The first-order valence-corrected chi connectivity index (χ1v) is 9.93. The number of thiophene rings is 1. The molecule has 0 atom stereocenters. The quantitative estimate of drug-likeness (QED) is 0.362. The summed E-state index contributed by atoms with van der Waals surface area (Å²) in [6.07, 6.45) is 0.984. The lowest BCUT2D eigenvalue weighted by molar-refractivity contribution is 0.642. The molecule has 4 aromatic rings. The molecule has 0 saturated heterocycles. The lowest BCUT2D eigenvalue weighted by Crippen LogP contribution is -2.11. The Labute approximate surface area is 158 Å². The highest BCUT2D eigenvalue weighted by molar-refractivity contribution is 7.26. The van der Waals surface area contributed by atoms with E-state index < -0.39 is 0 Å². The lowest BCUT2D eigenvalue weighted by Gasteiger charge is -2.23. The van der Waals surface area contributed by atoms with E-state index in [9.17, 15) is 4.39 Å². The van der Waals surface area contributed by atoms with Gasteiger partial charge in [0.2, 0.25) is 0 Å². The molecule has 1 aromatic heterocycles. The first kappa shape index (κ1) is 18.4. The summed E-state index contributed by atoms with van der Waals surface area (Å²) in [7, 11) is 2.09. The van der Waals surface area contributed by atoms with Crippen molar-refractivity contribution < 1.29 is 4.39 Å². The van der Waals surface area contributed by atoms with Gasteiger partial charge in [0.1, 0.15) is 5.82 Å². The van der Waals surface area contributed by atoms with Gasteiger partial charge in [-0.3, -0.25) is 0 Å².